The van der Waals surface area contributed by atoms with Gasteiger partial charge < -0.3 is 15.3 Å². The molecule has 1 aliphatic rings. The van der Waals surface area contributed by atoms with Crippen LogP contribution in [0.25, 0.3) is 0 Å². The van der Waals surface area contributed by atoms with Crippen LogP contribution in [0.2, 0.25) is 0 Å². The third-order valence-corrected chi connectivity index (χ3v) is 4.19. The molecule has 0 saturated carbocycles. The van der Waals surface area contributed by atoms with E-state index in [0.29, 0.717) is 6.42 Å². The van der Waals surface area contributed by atoms with Gasteiger partial charge in [-0.15, -0.1) is 0 Å². The van der Waals surface area contributed by atoms with Gasteiger partial charge in [-0.25, -0.2) is 0 Å². The van der Waals surface area contributed by atoms with E-state index in [-0.39, 0.29) is 18.5 Å². The highest BCUT2D eigenvalue weighted by atomic mass is 16.4. The molecule has 1 saturated heterocycles. The van der Waals surface area contributed by atoms with Crippen LogP contribution in [0, 0.1) is 11.3 Å². The van der Waals surface area contributed by atoms with Crippen molar-refractivity contribution in [3.05, 3.63) is 47.7 Å². The number of amides is 1. The Morgan fingerprint density at radius 1 is 1.19 bits per heavy atom. The van der Waals surface area contributed by atoms with Crippen molar-refractivity contribution < 1.29 is 14.7 Å². The summed E-state index contributed by atoms with van der Waals surface area (Å²) >= 11 is 0. The molecule has 2 rings (SSSR count). The van der Waals surface area contributed by atoms with Gasteiger partial charge in [0.1, 0.15) is 11.6 Å². The smallest absolute Gasteiger partial charge is 0.303 e. The number of hydrogen-bond donors (Lipinski definition) is 2. The molecule has 138 valence electrons. The summed E-state index contributed by atoms with van der Waals surface area (Å²) in [7, 11) is 0. The lowest BCUT2D eigenvalue weighted by molar-refractivity contribution is -0.137. The average molecular weight is 356 g/mol. The van der Waals surface area contributed by atoms with E-state index in [1.54, 1.807) is 6.20 Å². The van der Waals surface area contributed by atoms with Crippen LogP contribution in [0.4, 0.5) is 0 Å². The van der Waals surface area contributed by atoms with Crippen LogP contribution in [0.1, 0.15) is 18.4 Å². The lowest BCUT2D eigenvalue weighted by Gasteiger charge is -2.34. The summed E-state index contributed by atoms with van der Waals surface area (Å²) in [5.41, 5.74) is 1.33. The zero-order chi connectivity index (χ0) is 18.8. The maximum Gasteiger partial charge on any atom is 0.303 e. The van der Waals surface area contributed by atoms with E-state index in [2.05, 4.69) is 22.3 Å². The number of nitrogens with zero attached hydrogens (tertiary/aromatic N) is 3. The summed E-state index contributed by atoms with van der Waals surface area (Å²) < 4.78 is 0. The molecule has 1 aromatic carbocycles. The van der Waals surface area contributed by atoms with Crippen molar-refractivity contribution in [1.82, 2.24) is 15.1 Å². The normalized spacial score (nSPS) is 15.3. The minimum absolute atomic E-state index is 0.00471. The highest BCUT2D eigenvalue weighted by Gasteiger charge is 2.17. The van der Waals surface area contributed by atoms with Crippen LogP contribution < -0.4 is 5.32 Å². The van der Waals surface area contributed by atoms with E-state index < -0.39 is 11.9 Å². The number of nitriles is 1. The summed E-state index contributed by atoms with van der Waals surface area (Å²) in [4.78, 5) is 26.8. The predicted octanol–water partition coefficient (Wildman–Crippen LogP) is 1.19. The number of carbonyl (C=O) groups excluding carboxylic acids is 1. The molecule has 1 fully saturated rings. The molecule has 2 N–H and O–H groups in total. The standard InChI is InChI=1S/C19H24N4O3/c20-13-17(19(26)21-8-4-7-18(24)25)15-23-11-9-22(10-12-23)14-16-5-2-1-3-6-16/h1-3,5-6,15H,4,7-12,14H2,(H,21,26)(H,24,25)/b17-15-. The van der Waals surface area contributed by atoms with Crippen molar-refractivity contribution in [2.45, 2.75) is 19.4 Å². The third kappa shape index (κ3) is 6.57. The van der Waals surface area contributed by atoms with Crippen LogP contribution in [-0.4, -0.2) is 59.5 Å². The Labute approximate surface area is 153 Å². The van der Waals surface area contributed by atoms with Crippen molar-refractivity contribution in [3.63, 3.8) is 0 Å². The molecule has 0 spiro atoms. The Morgan fingerprint density at radius 2 is 1.88 bits per heavy atom. The van der Waals surface area contributed by atoms with Crippen molar-refractivity contribution in [3.8, 4) is 6.07 Å². The largest absolute Gasteiger partial charge is 0.481 e. The first-order chi connectivity index (χ1) is 12.6. The summed E-state index contributed by atoms with van der Waals surface area (Å²) in [5.74, 6) is -1.35. The van der Waals surface area contributed by atoms with Crippen LogP contribution in [0.3, 0.4) is 0 Å². The highest BCUT2D eigenvalue weighted by molar-refractivity contribution is 5.97. The van der Waals surface area contributed by atoms with Crippen molar-refractivity contribution >= 4 is 11.9 Å². The van der Waals surface area contributed by atoms with E-state index in [0.717, 1.165) is 32.7 Å². The molecule has 1 aliphatic heterocycles. The second-order valence-electron chi connectivity index (χ2n) is 6.21. The molecule has 0 radical (unpaired) electrons. The van der Waals surface area contributed by atoms with E-state index in [1.807, 2.05) is 29.2 Å². The Kier molecular flexibility index (Phi) is 7.65. The fraction of sp³-hybridized carbons (Fsp3) is 0.421. The first-order valence-electron chi connectivity index (χ1n) is 8.70. The monoisotopic (exact) mass is 356 g/mol. The Balaban J connectivity index is 1.78. The molecule has 1 amide bonds. The van der Waals surface area contributed by atoms with Crippen LogP contribution in [-0.2, 0) is 16.1 Å². The fourth-order valence-corrected chi connectivity index (χ4v) is 2.75. The van der Waals surface area contributed by atoms with Gasteiger partial charge in [0.05, 0.1) is 0 Å². The molecular weight excluding hydrogens is 332 g/mol. The molecule has 7 nitrogen and oxygen atoms in total. The van der Waals surface area contributed by atoms with Gasteiger partial charge in [0, 0.05) is 51.9 Å². The van der Waals surface area contributed by atoms with E-state index in [4.69, 9.17) is 5.11 Å². The lowest BCUT2D eigenvalue weighted by Crippen LogP contribution is -2.44. The minimum Gasteiger partial charge on any atom is -0.481 e. The molecule has 0 bridgehead atoms. The maximum atomic E-state index is 12.0. The molecule has 0 aliphatic carbocycles. The number of aliphatic carboxylic acids is 1. The summed E-state index contributed by atoms with van der Waals surface area (Å²) in [5, 5.41) is 20.4. The first kappa shape index (κ1) is 19.5. The molecule has 1 aromatic rings. The topological polar surface area (TPSA) is 96.7 Å². The molecular formula is C19H24N4O3. The molecule has 26 heavy (non-hydrogen) atoms. The van der Waals surface area contributed by atoms with Crippen LogP contribution in [0.5, 0.6) is 0 Å². The first-order valence-corrected chi connectivity index (χ1v) is 8.70. The van der Waals surface area contributed by atoms with Gasteiger partial charge in [-0.3, -0.25) is 14.5 Å². The lowest BCUT2D eigenvalue weighted by atomic mass is 10.2. The number of rotatable bonds is 8. The summed E-state index contributed by atoms with van der Waals surface area (Å²) in [6.07, 6.45) is 1.94. The summed E-state index contributed by atoms with van der Waals surface area (Å²) in [6.45, 7) is 4.38. The number of benzene rings is 1. The third-order valence-electron chi connectivity index (χ3n) is 4.19. The molecule has 7 heteroatoms. The minimum atomic E-state index is -0.899. The second kappa shape index (κ2) is 10.2. The Bertz CT molecular complexity index is 674. The molecule has 1 heterocycles. The Morgan fingerprint density at radius 3 is 2.50 bits per heavy atom. The van der Waals surface area contributed by atoms with E-state index in [9.17, 15) is 14.9 Å². The second-order valence-corrected chi connectivity index (χ2v) is 6.21. The van der Waals surface area contributed by atoms with Gasteiger partial charge in [-0.1, -0.05) is 30.3 Å². The molecule has 0 unspecified atom stereocenters. The number of hydrogen-bond acceptors (Lipinski definition) is 5. The van der Waals surface area contributed by atoms with Crippen molar-refractivity contribution in [1.29, 1.82) is 5.26 Å². The van der Waals surface area contributed by atoms with Gasteiger partial charge in [0.2, 0.25) is 0 Å². The zero-order valence-electron chi connectivity index (χ0n) is 14.7. The van der Waals surface area contributed by atoms with Crippen molar-refractivity contribution in [2.75, 3.05) is 32.7 Å². The number of carboxylic acids is 1. The SMILES string of the molecule is N#C/C(=C/N1CCN(Cc2ccccc2)CC1)C(=O)NCCCC(=O)O. The number of carbonyl (C=O) groups is 2. The van der Waals surface area contributed by atoms with Crippen LogP contribution in [0.15, 0.2) is 42.1 Å². The number of nitrogens with one attached hydrogen (secondary N) is 1. The quantitative estimate of drug-likeness (QED) is 0.413. The van der Waals surface area contributed by atoms with Gasteiger partial charge in [-0.05, 0) is 12.0 Å². The molecule has 0 atom stereocenters. The van der Waals surface area contributed by atoms with Gasteiger partial charge in [0.25, 0.3) is 5.91 Å². The summed E-state index contributed by atoms with van der Waals surface area (Å²) in [6, 6.07) is 12.2. The highest BCUT2D eigenvalue weighted by Crippen LogP contribution is 2.09. The number of piperazine rings is 1. The maximum absolute atomic E-state index is 12.0. The van der Waals surface area contributed by atoms with E-state index >= 15 is 0 Å². The number of carboxylic acid groups (broad SMARTS) is 1. The van der Waals surface area contributed by atoms with Crippen molar-refractivity contribution in [2.24, 2.45) is 0 Å². The van der Waals surface area contributed by atoms with E-state index in [1.165, 1.54) is 5.56 Å². The molecule has 0 aromatic heterocycles. The predicted molar refractivity (Wildman–Crippen MR) is 96.9 cm³/mol. The average Bonchev–Trinajstić information content (AvgIpc) is 2.65. The Hall–Kier alpha value is -2.85. The zero-order valence-corrected chi connectivity index (χ0v) is 14.7. The van der Waals surface area contributed by atoms with Crippen LogP contribution >= 0.6 is 0 Å². The van der Waals surface area contributed by atoms with Gasteiger partial charge in [-0.2, -0.15) is 5.26 Å². The van der Waals surface area contributed by atoms with Gasteiger partial charge >= 0.3 is 5.97 Å². The van der Waals surface area contributed by atoms with Gasteiger partial charge in [0.15, 0.2) is 0 Å². The fourth-order valence-electron chi connectivity index (χ4n) is 2.75.